The van der Waals surface area contributed by atoms with E-state index in [0.29, 0.717) is 11.2 Å². The molecule has 4 N–H and O–H groups in total. The highest BCUT2D eigenvalue weighted by Crippen LogP contribution is 1.94. The van der Waals surface area contributed by atoms with E-state index in [0.717, 1.165) is 0 Å². The van der Waals surface area contributed by atoms with Crippen molar-refractivity contribution >= 4 is 17.1 Å². The normalized spacial score (nSPS) is 11.6. The van der Waals surface area contributed by atoms with Gasteiger partial charge < -0.3 is 20.2 Å². The topological polar surface area (TPSA) is 132 Å². The van der Waals surface area contributed by atoms with Crippen LogP contribution in [0.4, 0.5) is 0 Å². The van der Waals surface area contributed by atoms with Gasteiger partial charge in [0.2, 0.25) is 0 Å². The number of carbonyl (C=O) groups is 1. The Hall–Kier alpha value is -2.22. The van der Waals surface area contributed by atoms with Crippen LogP contribution < -0.4 is 5.56 Å². The first-order valence-corrected chi connectivity index (χ1v) is 4.30. The van der Waals surface area contributed by atoms with E-state index in [1.165, 1.54) is 19.6 Å². The number of hydrogen-bond donors (Lipinski definition) is 4. The van der Waals surface area contributed by atoms with Gasteiger partial charge in [0.25, 0.3) is 5.56 Å². The Bertz CT molecular complexity index is 530. The van der Waals surface area contributed by atoms with Crippen molar-refractivity contribution in [3.05, 3.63) is 23.0 Å². The van der Waals surface area contributed by atoms with Crippen LogP contribution in [0.15, 0.2) is 17.4 Å². The number of aromatic nitrogens is 4. The summed E-state index contributed by atoms with van der Waals surface area (Å²) in [6.07, 6.45) is 1.53. The maximum Gasteiger partial charge on any atom is 0.332 e. The molecule has 0 saturated heterocycles. The molecule has 0 aliphatic heterocycles. The van der Waals surface area contributed by atoms with E-state index in [1.54, 1.807) is 0 Å². The van der Waals surface area contributed by atoms with Gasteiger partial charge in [-0.3, -0.25) is 4.79 Å². The standard InChI is InChI=1S/C5H4N4O.C3H6O3/c10-5-3-4(7-1-6-3)8-2-9-5;1-2(4)3(5)6/h1-2H,(H2,6,7,8,9,10);2,4H,1H3,(H,5,6). The monoisotopic (exact) mass is 226 g/mol. The molecule has 86 valence electrons. The van der Waals surface area contributed by atoms with Crippen LogP contribution in [0.2, 0.25) is 0 Å². The number of nitrogens with one attached hydrogen (secondary N) is 2. The van der Waals surface area contributed by atoms with Gasteiger partial charge in [-0.15, -0.1) is 0 Å². The number of carboxylic acids is 1. The van der Waals surface area contributed by atoms with Crippen LogP contribution in [-0.4, -0.2) is 42.2 Å². The zero-order valence-corrected chi connectivity index (χ0v) is 8.34. The number of imidazole rings is 1. The SMILES string of the molecule is CC(O)C(=O)O.O=c1[nH]cnc2nc[nH]c12. The van der Waals surface area contributed by atoms with Crippen molar-refractivity contribution in [2.24, 2.45) is 0 Å². The highest BCUT2D eigenvalue weighted by atomic mass is 16.4. The summed E-state index contributed by atoms with van der Waals surface area (Å²) in [5, 5.41) is 15.8. The predicted octanol–water partition coefficient (Wildman–Crippen LogP) is -0.902. The van der Waals surface area contributed by atoms with E-state index in [1.807, 2.05) is 0 Å². The number of H-pyrrole nitrogens is 2. The molecule has 16 heavy (non-hydrogen) atoms. The first kappa shape index (κ1) is 11.9. The summed E-state index contributed by atoms with van der Waals surface area (Å²) in [5.41, 5.74) is 0.675. The van der Waals surface area contributed by atoms with Crippen molar-refractivity contribution in [2.45, 2.75) is 13.0 Å². The minimum atomic E-state index is -1.23. The summed E-state index contributed by atoms with van der Waals surface area (Å²) >= 11 is 0. The molecule has 8 heteroatoms. The zero-order valence-electron chi connectivity index (χ0n) is 8.34. The van der Waals surface area contributed by atoms with Crippen molar-refractivity contribution in [1.29, 1.82) is 0 Å². The molecule has 1 atom stereocenters. The molecule has 0 spiro atoms. The van der Waals surface area contributed by atoms with E-state index < -0.39 is 12.1 Å². The Morgan fingerprint density at radius 2 is 1.88 bits per heavy atom. The van der Waals surface area contributed by atoms with Crippen molar-refractivity contribution < 1.29 is 15.0 Å². The molecule has 0 aliphatic rings. The number of aliphatic hydroxyl groups is 1. The Kier molecular flexibility index (Phi) is 3.72. The molecule has 2 heterocycles. The Morgan fingerprint density at radius 3 is 2.31 bits per heavy atom. The first-order chi connectivity index (χ1) is 7.52. The fourth-order valence-electron chi connectivity index (χ4n) is 0.776. The van der Waals surface area contributed by atoms with E-state index in [9.17, 15) is 9.59 Å². The number of hydrogen-bond acceptors (Lipinski definition) is 5. The molecular formula is C8H10N4O4. The van der Waals surface area contributed by atoms with Gasteiger partial charge in [0.1, 0.15) is 6.10 Å². The summed E-state index contributed by atoms with van der Waals surface area (Å²) in [6.45, 7) is 1.20. The van der Waals surface area contributed by atoms with Gasteiger partial charge in [0.15, 0.2) is 11.2 Å². The number of aromatic amines is 2. The molecule has 2 aromatic heterocycles. The van der Waals surface area contributed by atoms with Crippen LogP contribution in [0.25, 0.3) is 11.2 Å². The lowest BCUT2D eigenvalue weighted by molar-refractivity contribution is -0.145. The zero-order chi connectivity index (χ0) is 12.1. The molecule has 0 radical (unpaired) electrons. The van der Waals surface area contributed by atoms with E-state index >= 15 is 0 Å². The second-order valence-electron chi connectivity index (χ2n) is 2.85. The average Bonchev–Trinajstić information content (AvgIpc) is 2.68. The van der Waals surface area contributed by atoms with Gasteiger partial charge in [-0.25, -0.2) is 14.8 Å². The van der Waals surface area contributed by atoms with Gasteiger partial charge in [-0.2, -0.15) is 0 Å². The van der Waals surface area contributed by atoms with Crippen molar-refractivity contribution in [3.63, 3.8) is 0 Å². The van der Waals surface area contributed by atoms with Crippen LogP contribution in [0.3, 0.4) is 0 Å². The molecule has 0 saturated carbocycles. The van der Waals surface area contributed by atoms with Crippen LogP contribution in [-0.2, 0) is 4.79 Å². The van der Waals surface area contributed by atoms with Gasteiger partial charge in [-0.05, 0) is 6.92 Å². The third-order valence-corrected chi connectivity index (χ3v) is 1.59. The number of aliphatic carboxylic acids is 1. The largest absolute Gasteiger partial charge is 0.479 e. The smallest absolute Gasteiger partial charge is 0.332 e. The Morgan fingerprint density at radius 1 is 1.38 bits per heavy atom. The lowest BCUT2D eigenvalue weighted by Crippen LogP contribution is -2.13. The molecule has 2 rings (SSSR count). The second kappa shape index (κ2) is 5.03. The summed E-state index contributed by atoms with van der Waals surface area (Å²) in [6, 6.07) is 0. The lowest BCUT2D eigenvalue weighted by Gasteiger charge is -1.89. The molecule has 0 fully saturated rings. The predicted molar refractivity (Wildman–Crippen MR) is 53.8 cm³/mol. The average molecular weight is 226 g/mol. The van der Waals surface area contributed by atoms with Gasteiger partial charge in [-0.1, -0.05) is 0 Å². The minimum absolute atomic E-state index is 0.192. The fourth-order valence-corrected chi connectivity index (χ4v) is 0.776. The number of aliphatic hydroxyl groups excluding tert-OH is 1. The minimum Gasteiger partial charge on any atom is -0.479 e. The number of fused-ring (bicyclic) bond motifs is 1. The highest BCUT2D eigenvalue weighted by molar-refractivity contribution is 5.71. The van der Waals surface area contributed by atoms with E-state index in [4.69, 9.17) is 10.2 Å². The van der Waals surface area contributed by atoms with Crippen molar-refractivity contribution in [2.75, 3.05) is 0 Å². The van der Waals surface area contributed by atoms with Gasteiger partial charge >= 0.3 is 5.97 Å². The third kappa shape index (κ3) is 2.89. The van der Waals surface area contributed by atoms with E-state index in [-0.39, 0.29) is 5.56 Å². The summed E-state index contributed by atoms with van der Waals surface area (Å²) in [4.78, 5) is 33.0. The first-order valence-electron chi connectivity index (χ1n) is 4.30. The maximum atomic E-state index is 10.9. The van der Waals surface area contributed by atoms with Crippen molar-refractivity contribution in [3.8, 4) is 0 Å². The molecule has 0 aromatic carbocycles. The molecule has 2 aromatic rings. The molecule has 1 unspecified atom stereocenters. The van der Waals surface area contributed by atoms with E-state index in [2.05, 4.69) is 19.9 Å². The number of nitrogens with zero attached hydrogens (tertiary/aromatic N) is 2. The summed E-state index contributed by atoms with van der Waals surface area (Å²) < 4.78 is 0. The third-order valence-electron chi connectivity index (χ3n) is 1.59. The highest BCUT2D eigenvalue weighted by Gasteiger charge is 2.01. The number of rotatable bonds is 1. The number of carboxylic acid groups (broad SMARTS) is 1. The van der Waals surface area contributed by atoms with Gasteiger partial charge in [0, 0.05) is 0 Å². The molecule has 0 bridgehead atoms. The van der Waals surface area contributed by atoms with Crippen LogP contribution in [0.5, 0.6) is 0 Å². The summed E-state index contributed by atoms with van der Waals surface area (Å²) in [7, 11) is 0. The van der Waals surface area contributed by atoms with Gasteiger partial charge in [0.05, 0.1) is 12.7 Å². The molecular weight excluding hydrogens is 216 g/mol. The molecule has 0 aliphatic carbocycles. The van der Waals surface area contributed by atoms with Crippen LogP contribution in [0.1, 0.15) is 6.92 Å². The van der Waals surface area contributed by atoms with Crippen molar-refractivity contribution in [1.82, 2.24) is 19.9 Å². The Balaban J connectivity index is 0.000000187. The maximum absolute atomic E-state index is 10.9. The van der Waals surface area contributed by atoms with Crippen LogP contribution >= 0.6 is 0 Å². The molecule has 0 amide bonds. The summed E-state index contributed by atoms with van der Waals surface area (Å²) in [5.74, 6) is -1.19. The lowest BCUT2D eigenvalue weighted by atomic mass is 10.4. The van der Waals surface area contributed by atoms with Crippen LogP contribution in [0, 0.1) is 0 Å². The fraction of sp³-hybridized carbons (Fsp3) is 0.250. The Labute approximate surface area is 89.0 Å². The molecule has 8 nitrogen and oxygen atoms in total. The second-order valence-corrected chi connectivity index (χ2v) is 2.85. The quantitative estimate of drug-likeness (QED) is 0.498.